The van der Waals surface area contributed by atoms with Crippen molar-refractivity contribution in [2.75, 3.05) is 6.61 Å². The molecule has 0 bridgehead atoms. The Kier molecular flexibility index (Phi) is 4.22. The lowest BCUT2D eigenvalue weighted by Crippen LogP contribution is -1.98. The molecule has 1 aliphatic rings. The van der Waals surface area contributed by atoms with E-state index in [1.807, 2.05) is 0 Å². The van der Waals surface area contributed by atoms with Gasteiger partial charge in [0, 0.05) is 6.61 Å². The predicted molar refractivity (Wildman–Crippen MR) is 62.9 cm³/mol. The van der Waals surface area contributed by atoms with E-state index in [1.54, 1.807) is 0 Å². The fourth-order valence-corrected chi connectivity index (χ4v) is 2.17. The molecule has 2 rings (SSSR count). The largest absolute Gasteiger partial charge is 0.377 e. The molecule has 0 aromatic heterocycles. The first-order chi connectivity index (χ1) is 7.47. The highest BCUT2D eigenvalue weighted by atomic mass is 16.5. The fourth-order valence-electron chi connectivity index (χ4n) is 2.17. The zero-order valence-electron chi connectivity index (χ0n) is 9.37. The number of hydrogen-bond donors (Lipinski definition) is 0. The van der Waals surface area contributed by atoms with Crippen LogP contribution in [0.5, 0.6) is 0 Å². The molecule has 0 atom stereocenters. The van der Waals surface area contributed by atoms with Gasteiger partial charge in [-0.25, -0.2) is 0 Å². The highest BCUT2D eigenvalue weighted by Gasteiger charge is 2.03. The molecule has 0 N–H and O–H groups in total. The van der Waals surface area contributed by atoms with Crippen LogP contribution < -0.4 is 0 Å². The average molecular weight is 204 g/mol. The van der Waals surface area contributed by atoms with E-state index in [0.29, 0.717) is 0 Å². The topological polar surface area (TPSA) is 9.23 Å². The molecule has 1 aromatic carbocycles. The van der Waals surface area contributed by atoms with Crippen LogP contribution in [-0.4, -0.2) is 6.61 Å². The number of ether oxygens (including phenoxy) is 1. The number of aryl methyl sites for hydroxylation is 1. The highest BCUT2D eigenvalue weighted by Crippen LogP contribution is 2.16. The van der Waals surface area contributed by atoms with E-state index in [2.05, 4.69) is 24.3 Å². The summed E-state index contributed by atoms with van der Waals surface area (Å²) in [5.74, 6) is 0. The zero-order chi connectivity index (χ0) is 10.3. The van der Waals surface area contributed by atoms with Gasteiger partial charge in [-0.3, -0.25) is 0 Å². The predicted octanol–water partition coefficient (Wildman–Crippen LogP) is 3.71. The normalized spacial score (nSPS) is 18.9. The molecule has 82 valence electrons. The van der Waals surface area contributed by atoms with E-state index in [1.165, 1.54) is 49.7 Å². The number of hydrogen-bond acceptors (Lipinski definition) is 1. The van der Waals surface area contributed by atoms with E-state index in [0.717, 1.165) is 13.2 Å². The standard InChI is InChI=1S/C14H20O/c1-2-4-8-13-9-5-6-10-14(13)12-15-11-7-3-1/h5-6,9-10H,1-4,7-8,11-12H2. The van der Waals surface area contributed by atoms with Crippen LogP contribution in [0.15, 0.2) is 24.3 Å². The minimum absolute atomic E-state index is 0.802. The Morgan fingerprint density at radius 1 is 0.800 bits per heavy atom. The maximum absolute atomic E-state index is 5.69. The second-order valence-corrected chi connectivity index (χ2v) is 4.34. The molecule has 0 amide bonds. The van der Waals surface area contributed by atoms with Crippen molar-refractivity contribution in [3.8, 4) is 0 Å². The van der Waals surface area contributed by atoms with Crippen molar-refractivity contribution >= 4 is 0 Å². The smallest absolute Gasteiger partial charge is 0.0719 e. The summed E-state index contributed by atoms with van der Waals surface area (Å²) < 4.78 is 5.69. The summed E-state index contributed by atoms with van der Waals surface area (Å²) in [4.78, 5) is 0. The average Bonchev–Trinajstić information content (AvgIpc) is 2.32. The van der Waals surface area contributed by atoms with Gasteiger partial charge < -0.3 is 4.74 Å². The van der Waals surface area contributed by atoms with Gasteiger partial charge in [-0.05, 0) is 30.4 Å². The van der Waals surface area contributed by atoms with Crippen LogP contribution in [0.3, 0.4) is 0 Å². The van der Waals surface area contributed by atoms with Gasteiger partial charge in [0.05, 0.1) is 6.61 Å². The Balaban J connectivity index is 2.04. The lowest BCUT2D eigenvalue weighted by molar-refractivity contribution is 0.116. The van der Waals surface area contributed by atoms with Crippen molar-refractivity contribution in [1.82, 2.24) is 0 Å². The van der Waals surface area contributed by atoms with Crippen LogP contribution in [0.1, 0.15) is 43.2 Å². The summed E-state index contributed by atoms with van der Waals surface area (Å²) in [6, 6.07) is 8.70. The Bertz CT molecular complexity index is 264. The van der Waals surface area contributed by atoms with Gasteiger partial charge in [0.1, 0.15) is 0 Å². The van der Waals surface area contributed by atoms with Crippen molar-refractivity contribution in [2.45, 2.75) is 45.1 Å². The first-order valence-corrected chi connectivity index (χ1v) is 6.11. The quantitative estimate of drug-likeness (QED) is 0.626. The molecule has 0 radical (unpaired) electrons. The minimum atomic E-state index is 0.802. The maximum atomic E-state index is 5.69. The molecule has 1 nitrogen and oxygen atoms in total. The van der Waals surface area contributed by atoms with Crippen molar-refractivity contribution in [3.05, 3.63) is 35.4 Å². The molecule has 15 heavy (non-hydrogen) atoms. The second kappa shape index (κ2) is 5.92. The van der Waals surface area contributed by atoms with Gasteiger partial charge in [0.15, 0.2) is 0 Å². The van der Waals surface area contributed by atoms with E-state index in [9.17, 15) is 0 Å². The van der Waals surface area contributed by atoms with Gasteiger partial charge in [-0.15, -0.1) is 0 Å². The number of benzene rings is 1. The Morgan fingerprint density at radius 3 is 2.47 bits per heavy atom. The number of fused-ring (bicyclic) bond motifs is 1. The van der Waals surface area contributed by atoms with Crippen molar-refractivity contribution in [3.63, 3.8) is 0 Å². The SMILES string of the molecule is c1ccc2c(c1)CCCCCCCOC2. The zero-order valence-corrected chi connectivity index (χ0v) is 9.37. The lowest BCUT2D eigenvalue weighted by atomic mass is 10.0. The fraction of sp³-hybridized carbons (Fsp3) is 0.571. The van der Waals surface area contributed by atoms with E-state index in [-0.39, 0.29) is 0 Å². The molecule has 0 saturated carbocycles. The Labute approximate surface area is 92.5 Å². The first-order valence-electron chi connectivity index (χ1n) is 6.11. The van der Waals surface area contributed by atoms with Crippen LogP contribution in [-0.2, 0) is 17.8 Å². The third kappa shape index (κ3) is 3.35. The third-order valence-electron chi connectivity index (χ3n) is 3.11. The lowest BCUT2D eigenvalue weighted by Gasteiger charge is -2.08. The van der Waals surface area contributed by atoms with Gasteiger partial charge in [-0.1, -0.05) is 43.5 Å². The van der Waals surface area contributed by atoms with Crippen LogP contribution in [0.4, 0.5) is 0 Å². The van der Waals surface area contributed by atoms with Crippen LogP contribution in [0, 0.1) is 0 Å². The van der Waals surface area contributed by atoms with Gasteiger partial charge in [0.2, 0.25) is 0 Å². The Hall–Kier alpha value is -0.820. The Morgan fingerprint density at radius 2 is 1.53 bits per heavy atom. The molecule has 0 fully saturated rings. The molecule has 0 aliphatic carbocycles. The van der Waals surface area contributed by atoms with Crippen molar-refractivity contribution in [1.29, 1.82) is 0 Å². The summed E-state index contributed by atoms with van der Waals surface area (Å²) in [6.45, 7) is 1.73. The summed E-state index contributed by atoms with van der Waals surface area (Å²) >= 11 is 0. The van der Waals surface area contributed by atoms with Gasteiger partial charge in [-0.2, -0.15) is 0 Å². The molecule has 1 heterocycles. The summed E-state index contributed by atoms with van der Waals surface area (Å²) in [6.07, 6.45) is 7.84. The van der Waals surface area contributed by atoms with Crippen LogP contribution >= 0.6 is 0 Å². The molecular formula is C14H20O. The van der Waals surface area contributed by atoms with Gasteiger partial charge in [0.25, 0.3) is 0 Å². The van der Waals surface area contributed by atoms with Crippen molar-refractivity contribution < 1.29 is 4.74 Å². The van der Waals surface area contributed by atoms with Crippen LogP contribution in [0.2, 0.25) is 0 Å². The molecule has 1 aliphatic heterocycles. The first kappa shape index (κ1) is 10.7. The molecule has 0 unspecified atom stereocenters. The molecular weight excluding hydrogens is 184 g/mol. The van der Waals surface area contributed by atoms with Gasteiger partial charge >= 0.3 is 0 Å². The third-order valence-corrected chi connectivity index (χ3v) is 3.11. The second-order valence-electron chi connectivity index (χ2n) is 4.34. The van der Waals surface area contributed by atoms with E-state index >= 15 is 0 Å². The van der Waals surface area contributed by atoms with E-state index < -0.39 is 0 Å². The van der Waals surface area contributed by atoms with Crippen LogP contribution in [0.25, 0.3) is 0 Å². The molecule has 1 aromatic rings. The summed E-state index contributed by atoms with van der Waals surface area (Å²) in [5.41, 5.74) is 2.87. The molecule has 1 heteroatoms. The highest BCUT2D eigenvalue weighted by molar-refractivity contribution is 5.26. The maximum Gasteiger partial charge on any atom is 0.0719 e. The minimum Gasteiger partial charge on any atom is -0.377 e. The van der Waals surface area contributed by atoms with E-state index in [4.69, 9.17) is 4.74 Å². The monoisotopic (exact) mass is 204 g/mol. The molecule has 0 spiro atoms. The number of rotatable bonds is 0. The summed E-state index contributed by atoms with van der Waals surface area (Å²) in [5, 5.41) is 0. The van der Waals surface area contributed by atoms with Crippen molar-refractivity contribution in [2.24, 2.45) is 0 Å². The summed E-state index contributed by atoms with van der Waals surface area (Å²) in [7, 11) is 0. The molecule has 0 saturated heterocycles.